The van der Waals surface area contributed by atoms with Gasteiger partial charge in [0, 0.05) is 13.1 Å². The van der Waals surface area contributed by atoms with Crippen molar-refractivity contribution in [3.8, 4) is 0 Å². The van der Waals surface area contributed by atoms with Crippen molar-refractivity contribution >= 4 is 17.7 Å². The normalized spacial score (nSPS) is 25.0. The summed E-state index contributed by atoms with van der Waals surface area (Å²) in [6.07, 6.45) is 6.48. The number of hydrogen-bond donors (Lipinski definition) is 1. The number of rotatable bonds is 4. The molecule has 1 aromatic heterocycles. The Balaban J connectivity index is 1.87. The molecular formula is C13H22N4OS. The summed E-state index contributed by atoms with van der Waals surface area (Å²) in [4.78, 5) is 12.2. The third-order valence-corrected chi connectivity index (χ3v) is 4.91. The van der Waals surface area contributed by atoms with E-state index in [2.05, 4.69) is 22.4 Å². The van der Waals surface area contributed by atoms with E-state index < -0.39 is 0 Å². The second-order valence-electron chi connectivity index (χ2n) is 5.36. The van der Waals surface area contributed by atoms with Crippen LogP contribution in [0.15, 0.2) is 11.5 Å². The lowest BCUT2D eigenvalue weighted by molar-refractivity contribution is -0.121. The van der Waals surface area contributed by atoms with Crippen LogP contribution >= 0.6 is 11.8 Å². The number of nitrogens with zero attached hydrogens (tertiary/aromatic N) is 3. The molecule has 1 fully saturated rings. The van der Waals surface area contributed by atoms with Crippen LogP contribution in [0.25, 0.3) is 0 Å². The van der Waals surface area contributed by atoms with Crippen LogP contribution in [-0.4, -0.2) is 32.0 Å². The molecular weight excluding hydrogens is 260 g/mol. The first kappa shape index (κ1) is 14.4. The molecule has 1 aliphatic rings. The van der Waals surface area contributed by atoms with Gasteiger partial charge in [-0.15, -0.1) is 10.2 Å². The van der Waals surface area contributed by atoms with Crippen molar-refractivity contribution < 1.29 is 4.79 Å². The molecule has 1 aromatic rings. The molecule has 0 saturated heterocycles. The van der Waals surface area contributed by atoms with Crippen LogP contribution in [0.4, 0.5) is 0 Å². The highest BCUT2D eigenvalue weighted by Crippen LogP contribution is 2.25. The van der Waals surface area contributed by atoms with Crippen molar-refractivity contribution in [1.29, 1.82) is 0 Å². The van der Waals surface area contributed by atoms with Gasteiger partial charge in [0.25, 0.3) is 0 Å². The Morgan fingerprint density at radius 2 is 2.26 bits per heavy atom. The Labute approximate surface area is 118 Å². The molecule has 0 unspecified atom stereocenters. The van der Waals surface area contributed by atoms with Crippen molar-refractivity contribution in [2.45, 2.75) is 56.0 Å². The Kier molecular flexibility index (Phi) is 4.85. The summed E-state index contributed by atoms with van der Waals surface area (Å²) in [5.41, 5.74) is 0. The molecule has 19 heavy (non-hydrogen) atoms. The van der Waals surface area contributed by atoms with E-state index in [0.29, 0.717) is 12.0 Å². The van der Waals surface area contributed by atoms with Crippen molar-refractivity contribution in [2.24, 2.45) is 13.0 Å². The average Bonchev–Trinajstić information content (AvgIpc) is 2.78. The van der Waals surface area contributed by atoms with Gasteiger partial charge in [-0.2, -0.15) is 0 Å². The summed E-state index contributed by atoms with van der Waals surface area (Å²) in [5.74, 6) is 0.691. The smallest absolute Gasteiger partial charge is 0.233 e. The molecule has 5 nitrogen and oxygen atoms in total. The standard InChI is InChI=1S/C13H22N4OS/c1-9-6-4-5-7-11(9)15-12(18)10(2)19-13-16-14-8-17(13)3/h8-11H,4-7H2,1-3H3,(H,15,18)/t9-,10-,11-/m1/s1. The second kappa shape index (κ2) is 6.41. The number of aromatic nitrogens is 3. The van der Waals surface area contributed by atoms with Crippen LogP contribution in [0.1, 0.15) is 39.5 Å². The average molecular weight is 282 g/mol. The molecule has 0 spiro atoms. The number of aryl methyl sites for hydroxylation is 1. The van der Waals surface area contributed by atoms with E-state index in [4.69, 9.17) is 0 Å². The molecule has 1 N–H and O–H groups in total. The molecule has 1 amide bonds. The highest BCUT2D eigenvalue weighted by molar-refractivity contribution is 8.00. The van der Waals surface area contributed by atoms with Gasteiger partial charge in [0.15, 0.2) is 5.16 Å². The molecule has 0 aromatic carbocycles. The molecule has 1 aliphatic carbocycles. The van der Waals surface area contributed by atoms with E-state index in [9.17, 15) is 4.79 Å². The summed E-state index contributed by atoms with van der Waals surface area (Å²) in [5, 5.41) is 11.6. The molecule has 0 bridgehead atoms. The molecule has 1 heterocycles. The summed E-state index contributed by atoms with van der Waals surface area (Å²) >= 11 is 1.45. The summed E-state index contributed by atoms with van der Waals surface area (Å²) in [7, 11) is 1.89. The summed E-state index contributed by atoms with van der Waals surface area (Å²) in [6, 6.07) is 0.337. The first-order valence-corrected chi connectivity index (χ1v) is 7.77. The minimum Gasteiger partial charge on any atom is -0.352 e. The number of carbonyl (C=O) groups is 1. The quantitative estimate of drug-likeness (QED) is 0.858. The number of amides is 1. The van der Waals surface area contributed by atoms with E-state index in [1.54, 1.807) is 6.33 Å². The van der Waals surface area contributed by atoms with Gasteiger partial charge in [0.2, 0.25) is 5.91 Å². The van der Waals surface area contributed by atoms with E-state index in [1.807, 2.05) is 18.5 Å². The zero-order chi connectivity index (χ0) is 13.8. The predicted octanol–water partition coefficient (Wildman–Crippen LogP) is 1.99. The molecule has 3 atom stereocenters. The van der Waals surface area contributed by atoms with E-state index in [1.165, 1.54) is 31.0 Å². The van der Waals surface area contributed by atoms with Crippen LogP contribution in [-0.2, 0) is 11.8 Å². The van der Waals surface area contributed by atoms with Crippen molar-refractivity contribution in [3.05, 3.63) is 6.33 Å². The first-order valence-electron chi connectivity index (χ1n) is 6.89. The van der Waals surface area contributed by atoms with Gasteiger partial charge in [-0.1, -0.05) is 31.5 Å². The lowest BCUT2D eigenvalue weighted by Crippen LogP contribution is -2.44. The van der Waals surface area contributed by atoms with Gasteiger partial charge in [-0.25, -0.2) is 0 Å². The van der Waals surface area contributed by atoms with Crippen LogP contribution in [0, 0.1) is 5.92 Å². The lowest BCUT2D eigenvalue weighted by Gasteiger charge is -2.30. The number of nitrogens with one attached hydrogen (secondary N) is 1. The summed E-state index contributed by atoms with van der Waals surface area (Å²) < 4.78 is 1.83. The third kappa shape index (κ3) is 3.72. The van der Waals surface area contributed by atoms with E-state index in [-0.39, 0.29) is 11.2 Å². The first-order chi connectivity index (χ1) is 9.08. The molecule has 0 aliphatic heterocycles. The van der Waals surface area contributed by atoms with Crippen LogP contribution in [0.5, 0.6) is 0 Å². The van der Waals surface area contributed by atoms with Gasteiger partial charge in [-0.05, 0) is 25.7 Å². The van der Waals surface area contributed by atoms with Gasteiger partial charge in [0.05, 0.1) is 5.25 Å². The molecule has 106 valence electrons. The Hall–Kier alpha value is -1.04. The Morgan fingerprint density at radius 1 is 1.53 bits per heavy atom. The highest BCUT2D eigenvalue weighted by Gasteiger charge is 2.25. The minimum absolute atomic E-state index is 0.103. The van der Waals surface area contributed by atoms with Gasteiger partial charge in [0.1, 0.15) is 6.33 Å². The summed E-state index contributed by atoms with van der Waals surface area (Å²) in [6.45, 7) is 4.15. The highest BCUT2D eigenvalue weighted by atomic mass is 32.2. The molecule has 2 rings (SSSR count). The van der Waals surface area contributed by atoms with Crippen molar-refractivity contribution in [1.82, 2.24) is 20.1 Å². The van der Waals surface area contributed by atoms with E-state index in [0.717, 1.165) is 11.6 Å². The van der Waals surface area contributed by atoms with E-state index >= 15 is 0 Å². The number of thioether (sulfide) groups is 1. The Morgan fingerprint density at radius 3 is 2.89 bits per heavy atom. The minimum atomic E-state index is -0.142. The largest absolute Gasteiger partial charge is 0.352 e. The zero-order valence-electron chi connectivity index (χ0n) is 11.8. The Bertz CT molecular complexity index is 434. The van der Waals surface area contributed by atoms with Crippen molar-refractivity contribution in [3.63, 3.8) is 0 Å². The monoisotopic (exact) mass is 282 g/mol. The molecule has 1 saturated carbocycles. The van der Waals surface area contributed by atoms with Crippen LogP contribution in [0.3, 0.4) is 0 Å². The fourth-order valence-electron chi connectivity index (χ4n) is 2.42. The molecule has 0 radical (unpaired) electrons. The number of carbonyl (C=O) groups excluding carboxylic acids is 1. The fourth-order valence-corrected chi connectivity index (χ4v) is 3.22. The predicted molar refractivity (Wildman–Crippen MR) is 75.9 cm³/mol. The van der Waals surface area contributed by atoms with Crippen molar-refractivity contribution in [2.75, 3.05) is 0 Å². The maximum absolute atomic E-state index is 12.2. The van der Waals surface area contributed by atoms with Gasteiger partial charge in [-0.3, -0.25) is 4.79 Å². The van der Waals surface area contributed by atoms with Gasteiger partial charge < -0.3 is 9.88 Å². The second-order valence-corrected chi connectivity index (χ2v) is 6.67. The zero-order valence-corrected chi connectivity index (χ0v) is 12.6. The fraction of sp³-hybridized carbons (Fsp3) is 0.769. The lowest BCUT2D eigenvalue weighted by atomic mass is 9.86. The topological polar surface area (TPSA) is 59.8 Å². The molecule has 6 heteroatoms. The number of hydrogen-bond acceptors (Lipinski definition) is 4. The maximum atomic E-state index is 12.2. The van der Waals surface area contributed by atoms with Gasteiger partial charge >= 0.3 is 0 Å². The van der Waals surface area contributed by atoms with Crippen LogP contribution in [0.2, 0.25) is 0 Å². The third-order valence-electron chi connectivity index (χ3n) is 3.76. The maximum Gasteiger partial charge on any atom is 0.233 e. The SMILES string of the molecule is C[C@@H]1CCCC[C@H]1NC(=O)[C@@H](C)Sc1nncn1C. The van der Waals surface area contributed by atoms with Crippen LogP contribution < -0.4 is 5.32 Å².